The van der Waals surface area contributed by atoms with Crippen molar-refractivity contribution >= 4 is 21.2 Å². The molecule has 0 unspecified atom stereocenters. The lowest BCUT2D eigenvalue weighted by Crippen LogP contribution is -2.03. The van der Waals surface area contributed by atoms with E-state index in [4.69, 9.17) is 4.42 Å². The van der Waals surface area contributed by atoms with Crippen LogP contribution >= 0.6 is 11.3 Å². The first kappa shape index (κ1) is 15.7. The van der Waals surface area contributed by atoms with Crippen LogP contribution in [0.3, 0.4) is 0 Å². The van der Waals surface area contributed by atoms with Crippen molar-refractivity contribution < 1.29 is 12.8 Å². The zero-order valence-electron chi connectivity index (χ0n) is 12.7. The summed E-state index contributed by atoms with van der Waals surface area (Å²) in [6.07, 6.45) is 2.86. The molecular weight excluding hydrogens is 362 g/mol. The predicted molar refractivity (Wildman–Crippen MR) is 90.3 cm³/mol. The number of nitrogens with one attached hydrogen (secondary N) is 1. The number of aromatic nitrogens is 5. The van der Waals surface area contributed by atoms with E-state index in [1.807, 2.05) is 0 Å². The molecule has 10 heteroatoms. The number of benzene rings is 1. The van der Waals surface area contributed by atoms with Gasteiger partial charge < -0.3 is 4.42 Å². The van der Waals surface area contributed by atoms with Crippen molar-refractivity contribution in [2.75, 3.05) is 0 Å². The maximum atomic E-state index is 12.7. The van der Waals surface area contributed by atoms with Crippen molar-refractivity contribution in [3.05, 3.63) is 54.6 Å². The normalized spacial score (nSPS) is 11.7. The quantitative estimate of drug-likeness (QED) is 0.571. The molecule has 0 spiro atoms. The number of hydrogen-bond donors (Lipinski definition) is 1. The van der Waals surface area contributed by atoms with Crippen molar-refractivity contribution in [3.8, 4) is 22.0 Å². The topological polar surface area (TPSA) is 115 Å². The van der Waals surface area contributed by atoms with E-state index in [-0.39, 0.29) is 9.96 Å². The number of hydrogen-bond acceptors (Lipinski definition) is 8. The zero-order chi connectivity index (χ0) is 17.3. The van der Waals surface area contributed by atoms with Crippen LogP contribution in [-0.2, 0) is 15.6 Å². The molecule has 0 bridgehead atoms. The van der Waals surface area contributed by atoms with Crippen molar-refractivity contribution in [2.45, 2.75) is 9.96 Å². The molecule has 3 heterocycles. The largest absolute Gasteiger partial charge is 0.443 e. The van der Waals surface area contributed by atoms with E-state index in [1.165, 1.54) is 6.39 Å². The molecule has 1 N–H and O–H groups in total. The van der Waals surface area contributed by atoms with Gasteiger partial charge in [0.2, 0.25) is 5.82 Å². The minimum Gasteiger partial charge on any atom is -0.443 e. The van der Waals surface area contributed by atoms with Crippen LogP contribution in [0.4, 0.5) is 0 Å². The zero-order valence-corrected chi connectivity index (χ0v) is 14.3. The van der Waals surface area contributed by atoms with Gasteiger partial charge in [-0.05, 0) is 29.0 Å². The van der Waals surface area contributed by atoms with Gasteiger partial charge in [-0.3, -0.25) is 0 Å². The highest BCUT2D eigenvalue weighted by atomic mass is 32.2. The highest BCUT2D eigenvalue weighted by Crippen LogP contribution is 2.32. The Balaban J connectivity index is 1.61. The number of aromatic amines is 1. The van der Waals surface area contributed by atoms with Crippen molar-refractivity contribution in [1.29, 1.82) is 0 Å². The lowest BCUT2D eigenvalue weighted by Gasteiger charge is -2.03. The van der Waals surface area contributed by atoms with E-state index in [0.29, 0.717) is 22.7 Å². The van der Waals surface area contributed by atoms with Crippen LogP contribution in [0.15, 0.2) is 57.6 Å². The number of oxazole rings is 1. The van der Waals surface area contributed by atoms with Crippen LogP contribution < -0.4 is 0 Å². The molecule has 126 valence electrons. The minimum atomic E-state index is -3.48. The molecule has 0 radical (unpaired) electrons. The molecule has 0 saturated heterocycles. The van der Waals surface area contributed by atoms with Crippen LogP contribution in [-0.4, -0.2) is 34.0 Å². The van der Waals surface area contributed by atoms with Gasteiger partial charge in [0.05, 0.1) is 16.8 Å². The fraction of sp³-hybridized carbons (Fsp3) is 0.0667. The summed E-state index contributed by atoms with van der Waals surface area (Å²) in [6, 6.07) is 10.4. The highest BCUT2D eigenvalue weighted by molar-refractivity contribution is 7.92. The van der Waals surface area contributed by atoms with Gasteiger partial charge in [0.15, 0.2) is 22.0 Å². The number of thiophene rings is 1. The molecule has 3 aromatic heterocycles. The SMILES string of the molecule is O=S(=O)(Cc1cccc(-c2nn[nH]n2)c1)c1ccc(-c2cnco2)s1. The molecule has 0 aliphatic heterocycles. The molecule has 0 amide bonds. The van der Waals surface area contributed by atoms with Crippen LogP contribution in [0, 0.1) is 0 Å². The lowest BCUT2D eigenvalue weighted by molar-refractivity contribution is 0.573. The van der Waals surface area contributed by atoms with Gasteiger partial charge in [-0.1, -0.05) is 18.2 Å². The molecule has 8 nitrogen and oxygen atoms in total. The van der Waals surface area contributed by atoms with E-state index in [9.17, 15) is 8.42 Å². The molecular formula is C15H11N5O3S2. The van der Waals surface area contributed by atoms with E-state index < -0.39 is 9.84 Å². The summed E-state index contributed by atoms with van der Waals surface area (Å²) in [5, 5.41) is 13.7. The van der Waals surface area contributed by atoms with Gasteiger partial charge >= 0.3 is 0 Å². The second kappa shape index (κ2) is 6.22. The van der Waals surface area contributed by atoms with E-state index in [2.05, 4.69) is 25.6 Å². The minimum absolute atomic E-state index is 0.116. The fourth-order valence-corrected chi connectivity index (χ4v) is 5.01. The van der Waals surface area contributed by atoms with E-state index in [0.717, 1.165) is 16.2 Å². The number of rotatable bonds is 5. The Morgan fingerprint density at radius 1 is 1.20 bits per heavy atom. The van der Waals surface area contributed by atoms with E-state index >= 15 is 0 Å². The Morgan fingerprint density at radius 3 is 2.88 bits per heavy atom. The first-order chi connectivity index (χ1) is 12.1. The summed E-state index contributed by atoms with van der Waals surface area (Å²) in [5.41, 5.74) is 1.35. The summed E-state index contributed by atoms with van der Waals surface area (Å²) in [7, 11) is -3.48. The van der Waals surface area contributed by atoms with Crippen LogP contribution in [0.25, 0.3) is 22.0 Å². The van der Waals surface area contributed by atoms with Crippen LogP contribution in [0.1, 0.15) is 5.56 Å². The summed E-state index contributed by atoms with van der Waals surface area (Å²) in [6.45, 7) is 0. The number of sulfone groups is 1. The molecule has 0 atom stereocenters. The molecule has 1 aromatic carbocycles. The lowest BCUT2D eigenvalue weighted by atomic mass is 10.1. The van der Waals surface area contributed by atoms with Gasteiger partial charge in [-0.15, -0.1) is 21.5 Å². The molecule has 0 aliphatic carbocycles. The Hall–Kier alpha value is -2.85. The third-order valence-corrected chi connectivity index (χ3v) is 6.82. The predicted octanol–water partition coefficient (Wildman–Crippen LogP) is 2.56. The first-order valence-electron chi connectivity index (χ1n) is 7.16. The molecule has 4 rings (SSSR count). The summed E-state index contributed by atoms with van der Waals surface area (Å²) in [5.74, 6) is 0.850. The maximum absolute atomic E-state index is 12.7. The highest BCUT2D eigenvalue weighted by Gasteiger charge is 2.19. The molecule has 4 aromatic rings. The second-order valence-corrected chi connectivity index (χ2v) is 8.48. The monoisotopic (exact) mass is 373 g/mol. The van der Waals surface area contributed by atoms with Gasteiger partial charge in [0.25, 0.3) is 0 Å². The van der Waals surface area contributed by atoms with Gasteiger partial charge in [0.1, 0.15) is 4.21 Å². The average Bonchev–Trinajstić information content (AvgIpc) is 3.35. The smallest absolute Gasteiger partial charge is 0.204 e. The number of tetrazole rings is 1. The number of H-pyrrole nitrogens is 1. The number of nitrogens with zero attached hydrogens (tertiary/aromatic N) is 4. The van der Waals surface area contributed by atoms with Gasteiger partial charge in [-0.25, -0.2) is 13.4 Å². The standard InChI is InChI=1S/C15H11N5O3S2/c21-25(22,14-5-4-13(24-14)12-7-16-9-23-12)8-10-2-1-3-11(6-10)15-17-19-20-18-15/h1-7,9H,8H2,(H,17,18,19,20). The Morgan fingerprint density at radius 2 is 2.12 bits per heavy atom. The molecule has 25 heavy (non-hydrogen) atoms. The van der Waals surface area contributed by atoms with Crippen molar-refractivity contribution in [3.63, 3.8) is 0 Å². The van der Waals surface area contributed by atoms with Crippen molar-refractivity contribution in [2.24, 2.45) is 0 Å². The Labute approximate surface area is 146 Å². The summed E-state index contributed by atoms with van der Waals surface area (Å²) in [4.78, 5) is 4.56. The molecule has 0 aliphatic rings. The third-order valence-electron chi connectivity index (χ3n) is 3.45. The Kier molecular flexibility index (Phi) is 3.90. The Bertz CT molecular complexity index is 1090. The first-order valence-corrected chi connectivity index (χ1v) is 9.63. The van der Waals surface area contributed by atoms with E-state index in [1.54, 1.807) is 42.6 Å². The van der Waals surface area contributed by atoms with Crippen LogP contribution in [0.2, 0.25) is 0 Å². The molecule has 0 saturated carbocycles. The van der Waals surface area contributed by atoms with Gasteiger partial charge in [0, 0.05) is 5.56 Å². The van der Waals surface area contributed by atoms with Crippen LogP contribution in [0.5, 0.6) is 0 Å². The fourth-order valence-electron chi connectivity index (χ4n) is 2.33. The average molecular weight is 373 g/mol. The van der Waals surface area contributed by atoms with Gasteiger partial charge in [-0.2, -0.15) is 5.21 Å². The third kappa shape index (κ3) is 3.21. The summed E-state index contributed by atoms with van der Waals surface area (Å²) < 4.78 is 30.9. The summed E-state index contributed by atoms with van der Waals surface area (Å²) >= 11 is 1.16. The van der Waals surface area contributed by atoms with Crippen molar-refractivity contribution in [1.82, 2.24) is 25.6 Å². The maximum Gasteiger partial charge on any atom is 0.204 e. The molecule has 0 fully saturated rings. The second-order valence-electron chi connectivity index (χ2n) is 5.18.